The Labute approximate surface area is 211 Å². The van der Waals surface area contributed by atoms with E-state index in [-0.39, 0.29) is 11.7 Å². The number of hydrogen-bond acceptors (Lipinski definition) is 8. The molecule has 0 bridgehead atoms. The monoisotopic (exact) mass is 484 g/mol. The number of aromatic nitrogens is 4. The van der Waals surface area contributed by atoms with E-state index < -0.39 is 0 Å². The lowest BCUT2D eigenvalue weighted by Crippen LogP contribution is -2.28. The lowest BCUT2D eigenvalue weighted by atomic mass is 10.0. The molecule has 1 saturated heterocycles. The lowest BCUT2D eigenvalue weighted by molar-refractivity contribution is 0.190. The van der Waals surface area contributed by atoms with Gasteiger partial charge in [0.25, 0.3) is 5.89 Å². The molecule has 3 N–H and O–H groups in total. The first-order chi connectivity index (χ1) is 17.5. The molecule has 0 aliphatic carbocycles. The Morgan fingerprint density at radius 2 is 1.69 bits per heavy atom. The van der Waals surface area contributed by atoms with Crippen LogP contribution in [0.3, 0.4) is 0 Å². The van der Waals surface area contributed by atoms with Gasteiger partial charge in [0.15, 0.2) is 11.5 Å². The number of nitrogens with zero attached hydrogens (tertiary/aromatic N) is 4. The molecule has 1 fully saturated rings. The maximum Gasteiger partial charge on any atom is 0.270 e. The van der Waals surface area contributed by atoms with Crippen LogP contribution >= 0.6 is 0 Å². The van der Waals surface area contributed by atoms with Gasteiger partial charge >= 0.3 is 0 Å². The molecule has 0 saturated carbocycles. The number of ether oxygens (including phenoxy) is 1. The number of hydrogen-bond donors (Lipinski definition) is 2. The molecule has 8 nitrogen and oxygen atoms in total. The molecule has 0 unspecified atom stereocenters. The molecule has 1 aliphatic heterocycles. The number of rotatable bonds is 9. The van der Waals surface area contributed by atoms with Gasteiger partial charge in [-0.3, -0.25) is 0 Å². The number of nitrogens with one attached hydrogen (secondary N) is 1. The molecule has 2 aromatic carbocycles. The smallest absolute Gasteiger partial charge is 0.270 e. The van der Waals surface area contributed by atoms with Gasteiger partial charge in [-0.1, -0.05) is 50.2 Å². The molecule has 0 radical (unpaired) electrons. The number of benzene rings is 2. The van der Waals surface area contributed by atoms with E-state index in [1.807, 2.05) is 12.1 Å². The quantitative estimate of drug-likeness (QED) is 0.345. The second-order valence-corrected chi connectivity index (χ2v) is 9.67. The second-order valence-electron chi connectivity index (χ2n) is 9.67. The van der Waals surface area contributed by atoms with Gasteiger partial charge in [0.05, 0.1) is 18.5 Å². The third kappa shape index (κ3) is 5.78. The van der Waals surface area contributed by atoms with Crippen LogP contribution in [0.5, 0.6) is 0 Å². The minimum absolute atomic E-state index is 0.248. The number of nitrogen functional groups attached to an aromatic ring is 1. The fourth-order valence-corrected chi connectivity index (χ4v) is 4.15. The van der Waals surface area contributed by atoms with Gasteiger partial charge in [0, 0.05) is 30.3 Å². The Kier molecular flexibility index (Phi) is 7.34. The fraction of sp³-hybridized carbons (Fsp3) is 0.357. The zero-order valence-corrected chi connectivity index (χ0v) is 20.8. The van der Waals surface area contributed by atoms with E-state index in [9.17, 15) is 0 Å². The zero-order valence-electron chi connectivity index (χ0n) is 20.8. The molecule has 4 aromatic rings. The number of nitrogens with two attached hydrogens (primary N) is 1. The van der Waals surface area contributed by atoms with E-state index in [1.165, 1.54) is 17.5 Å². The summed E-state index contributed by atoms with van der Waals surface area (Å²) in [5, 5.41) is 11.9. The molecule has 0 spiro atoms. The van der Waals surface area contributed by atoms with Crippen molar-refractivity contribution < 1.29 is 9.15 Å². The molecule has 2 aromatic heterocycles. The summed E-state index contributed by atoms with van der Waals surface area (Å²) < 4.78 is 11.4. The minimum atomic E-state index is 0.248. The first-order valence-electron chi connectivity index (χ1n) is 12.5. The van der Waals surface area contributed by atoms with Gasteiger partial charge in [0.2, 0.25) is 5.89 Å². The standard InChI is InChI=1S/C28H32N6O2/c1-18(2)3-4-19-5-9-21(10-6-19)24-16-31-26(29)25(32-24)28-34-33-27(36-28)22-11-7-20(8-12-22)15-30-23-13-14-35-17-23/h5-12,16,18,23,30H,3-4,13-15,17H2,1-2H3,(H2,29,31)/t23-/m0/s1. The first-order valence-corrected chi connectivity index (χ1v) is 12.5. The molecule has 0 amide bonds. The Morgan fingerprint density at radius 3 is 2.42 bits per heavy atom. The van der Waals surface area contributed by atoms with E-state index in [4.69, 9.17) is 19.9 Å². The Morgan fingerprint density at radius 1 is 0.972 bits per heavy atom. The maximum atomic E-state index is 6.13. The molecular formula is C28H32N6O2. The molecule has 1 atom stereocenters. The SMILES string of the molecule is CC(C)CCc1ccc(-c2cnc(N)c(-c3nnc(-c4ccc(CN[C@H]5CCOC5)cc4)o3)n2)cc1. The van der Waals surface area contributed by atoms with Crippen molar-refractivity contribution in [3.8, 4) is 34.3 Å². The van der Waals surface area contributed by atoms with Crippen LogP contribution in [0, 0.1) is 5.92 Å². The van der Waals surface area contributed by atoms with E-state index in [2.05, 4.69) is 70.7 Å². The molecule has 5 rings (SSSR count). The normalized spacial score (nSPS) is 15.6. The van der Waals surface area contributed by atoms with Crippen molar-refractivity contribution in [2.75, 3.05) is 18.9 Å². The summed E-state index contributed by atoms with van der Waals surface area (Å²) in [5.74, 6) is 1.59. The van der Waals surface area contributed by atoms with Crippen molar-refractivity contribution in [3.63, 3.8) is 0 Å². The molecule has 36 heavy (non-hydrogen) atoms. The highest BCUT2D eigenvalue weighted by molar-refractivity contribution is 5.68. The van der Waals surface area contributed by atoms with Gasteiger partial charge in [0.1, 0.15) is 0 Å². The van der Waals surface area contributed by atoms with Crippen molar-refractivity contribution in [2.45, 2.75) is 45.7 Å². The molecule has 186 valence electrons. The van der Waals surface area contributed by atoms with Crippen molar-refractivity contribution in [1.29, 1.82) is 0 Å². The molecule has 1 aliphatic rings. The predicted molar refractivity (Wildman–Crippen MR) is 140 cm³/mol. The van der Waals surface area contributed by atoms with Gasteiger partial charge in [-0.2, -0.15) is 0 Å². The van der Waals surface area contributed by atoms with E-state index in [0.717, 1.165) is 43.7 Å². The summed E-state index contributed by atoms with van der Waals surface area (Å²) in [7, 11) is 0. The zero-order chi connectivity index (χ0) is 24.9. The highest BCUT2D eigenvalue weighted by atomic mass is 16.5. The van der Waals surface area contributed by atoms with Gasteiger partial charge < -0.3 is 20.2 Å². The van der Waals surface area contributed by atoms with Crippen molar-refractivity contribution in [3.05, 3.63) is 65.9 Å². The Bertz CT molecular complexity index is 1280. The van der Waals surface area contributed by atoms with Crippen molar-refractivity contribution >= 4 is 5.82 Å². The third-order valence-electron chi connectivity index (χ3n) is 6.41. The van der Waals surface area contributed by atoms with Crippen LogP contribution in [-0.2, 0) is 17.7 Å². The van der Waals surface area contributed by atoms with Crippen LogP contribution in [-0.4, -0.2) is 39.4 Å². The van der Waals surface area contributed by atoms with Crippen LogP contribution in [0.25, 0.3) is 34.3 Å². The van der Waals surface area contributed by atoms with Gasteiger partial charge in [-0.05, 0) is 48.4 Å². The Balaban J connectivity index is 1.29. The average Bonchev–Trinajstić information content (AvgIpc) is 3.60. The second kappa shape index (κ2) is 11.0. The lowest BCUT2D eigenvalue weighted by Gasteiger charge is -2.10. The van der Waals surface area contributed by atoms with Gasteiger partial charge in [-0.15, -0.1) is 10.2 Å². The summed E-state index contributed by atoms with van der Waals surface area (Å²) >= 11 is 0. The van der Waals surface area contributed by atoms with E-state index >= 15 is 0 Å². The number of anilines is 1. The van der Waals surface area contributed by atoms with E-state index in [1.54, 1.807) is 6.20 Å². The van der Waals surface area contributed by atoms with Crippen LogP contribution in [0.2, 0.25) is 0 Å². The predicted octanol–water partition coefficient (Wildman–Crippen LogP) is 4.91. The van der Waals surface area contributed by atoms with Gasteiger partial charge in [-0.25, -0.2) is 9.97 Å². The Hall–Kier alpha value is -3.62. The van der Waals surface area contributed by atoms with Crippen LogP contribution in [0.1, 0.15) is 37.8 Å². The summed E-state index contributed by atoms with van der Waals surface area (Å²) in [6, 6.07) is 16.9. The van der Waals surface area contributed by atoms with Crippen LogP contribution in [0.15, 0.2) is 59.1 Å². The van der Waals surface area contributed by atoms with Crippen LogP contribution in [0.4, 0.5) is 5.82 Å². The van der Waals surface area contributed by atoms with Crippen LogP contribution < -0.4 is 11.1 Å². The van der Waals surface area contributed by atoms with E-state index in [0.29, 0.717) is 29.2 Å². The van der Waals surface area contributed by atoms with Crippen molar-refractivity contribution in [2.24, 2.45) is 5.92 Å². The highest BCUT2D eigenvalue weighted by Gasteiger charge is 2.17. The molecule has 8 heteroatoms. The summed E-state index contributed by atoms with van der Waals surface area (Å²) in [5.41, 5.74) is 11.5. The summed E-state index contributed by atoms with van der Waals surface area (Å²) in [6.45, 7) is 6.88. The maximum absolute atomic E-state index is 6.13. The fourth-order valence-electron chi connectivity index (χ4n) is 4.15. The van der Waals surface area contributed by atoms with Crippen molar-refractivity contribution in [1.82, 2.24) is 25.5 Å². The minimum Gasteiger partial charge on any atom is -0.414 e. The average molecular weight is 485 g/mol. The largest absolute Gasteiger partial charge is 0.414 e. The molecular weight excluding hydrogens is 452 g/mol. The third-order valence-corrected chi connectivity index (χ3v) is 6.41. The highest BCUT2D eigenvalue weighted by Crippen LogP contribution is 2.28. The number of aryl methyl sites for hydroxylation is 1. The molecule has 3 heterocycles. The summed E-state index contributed by atoms with van der Waals surface area (Å²) in [6.07, 6.45) is 4.96. The first kappa shape index (κ1) is 24.1. The summed E-state index contributed by atoms with van der Waals surface area (Å²) in [4.78, 5) is 9.03. The topological polar surface area (TPSA) is 112 Å².